The fraction of sp³-hybridized carbons (Fsp3) is 0.294. The van der Waals surface area contributed by atoms with Crippen LogP contribution in [-0.4, -0.2) is 44.3 Å². The van der Waals surface area contributed by atoms with Crippen LogP contribution in [0.2, 0.25) is 0 Å². The van der Waals surface area contributed by atoms with Gasteiger partial charge in [0.2, 0.25) is 10.0 Å². The highest BCUT2D eigenvalue weighted by Crippen LogP contribution is 2.31. The van der Waals surface area contributed by atoms with Gasteiger partial charge in [0, 0.05) is 19.6 Å². The van der Waals surface area contributed by atoms with Crippen LogP contribution in [0.5, 0.6) is 0 Å². The van der Waals surface area contributed by atoms with Crippen molar-refractivity contribution in [2.24, 2.45) is 0 Å². The molecule has 1 fully saturated rings. The van der Waals surface area contributed by atoms with Crippen LogP contribution in [0.15, 0.2) is 59.5 Å². The zero-order valence-corrected chi connectivity index (χ0v) is 14.9. The maximum absolute atomic E-state index is 14.0. The third-order valence-corrected chi connectivity index (χ3v) is 6.08. The summed E-state index contributed by atoms with van der Waals surface area (Å²) in [5.41, 5.74) is 0.916. The number of hydrogen-bond donors (Lipinski definition) is 0. The number of nitrogens with zero attached hydrogens (tertiary/aromatic N) is 2. The predicted molar refractivity (Wildman–Crippen MR) is 94.2 cm³/mol. The molecular formula is C17H20ClFN2O2S. The van der Waals surface area contributed by atoms with Gasteiger partial charge in [0.25, 0.3) is 0 Å². The van der Waals surface area contributed by atoms with Crippen LogP contribution in [0.1, 0.15) is 11.6 Å². The van der Waals surface area contributed by atoms with Gasteiger partial charge in [-0.25, -0.2) is 12.8 Å². The summed E-state index contributed by atoms with van der Waals surface area (Å²) in [7, 11) is -1.92. The van der Waals surface area contributed by atoms with Crippen LogP contribution in [-0.2, 0) is 10.0 Å². The second-order valence-electron chi connectivity index (χ2n) is 5.73. The largest absolute Gasteiger partial charge is 0.303 e. The summed E-state index contributed by atoms with van der Waals surface area (Å²) in [6, 6.07) is 14.7. The van der Waals surface area contributed by atoms with Gasteiger partial charge in [-0.05, 0) is 24.7 Å². The summed E-state index contributed by atoms with van der Waals surface area (Å²) >= 11 is 0. The van der Waals surface area contributed by atoms with E-state index in [0.29, 0.717) is 19.6 Å². The van der Waals surface area contributed by atoms with Crippen LogP contribution in [0.3, 0.4) is 0 Å². The molecule has 0 bridgehead atoms. The minimum Gasteiger partial charge on any atom is -0.303 e. The number of benzene rings is 2. The summed E-state index contributed by atoms with van der Waals surface area (Å²) < 4.78 is 41.4. The van der Waals surface area contributed by atoms with E-state index < -0.39 is 15.8 Å². The van der Waals surface area contributed by atoms with Gasteiger partial charge in [-0.3, -0.25) is 0 Å². The van der Waals surface area contributed by atoms with Gasteiger partial charge in [0.05, 0.1) is 6.04 Å². The maximum Gasteiger partial charge on any atom is 0.246 e. The molecule has 1 aliphatic rings. The van der Waals surface area contributed by atoms with E-state index in [9.17, 15) is 12.8 Å². The molecule has 0 spiro atoms. The number of halogens is 2. The third kappa shape index (κ3) is 3.62. The Morgan fingerprint density at radius 3 is 2.29 bits per heavy atom. The Hall–Kier alpha value is -1.47. The Balaban J connectivity index is 0.00000208. The van der Waals surface area contributed by atoms with Gasteiger partial charge in [-0.2, -0.15) is 4.31 Å². The molecule has 24 heavy (non-hydrogen) atoms. The van der Waals surface area contributed by atoms with Gasteiger partial charge in [0.1, 0.15) is 10.7 Å². The highest BCUT2D eigenvalue weighted by Gasteiger charge is 2.37. The molecular weight excluding hydrogens is 351 g/mol. The van der Waals surface area contributed by atoms with E-state index in [1.165, 1.54) is 22.5 Å². The first-order valence-electron chi connectivity index (χ1n) is 7.50. The molecule has 1 saturated heterocycles. The molecule has 2 aromatic rings. The molecule has 0 amide bonds. The average Bonchev–Trinajstić information content (AvgIpc) is 2.55. The van der Waals surface area contributed by atoms with Gasteiger partial charge < -0.3 is 4.90 Å². The lowest BCUT2D eigenvalue weighted by Gasteiger charge is -2.39. The van der Waals surface area contributed by atoms with Crippen molar-refractivity contribution >= 4 is 22.4 Å². The SMILES string of the molecule is CN1CCN(S(=O)(=O)c2ccccc2F)C(c2ccccc2)C1.Cl. The summed E-state index contributed by atoms with van der Waals surface area (Å²) in [6.45, 7) is 1.54. The monoisotopic (exact) mass is 370 g/mol. The molecule has 4 nitrogen and oxygen atoms in total. The molecule has 1 heterocycles. The molecule has 0 aromatic heterocycles. The lowest BCUT2D eigenvalue weighted by Crippen LogP contribution is -2.49. The minimum atomic E-state index is -3.88. The van der Waals surface area contributed by atoms with Gasteiger partial charge in [-0.15, -0.1) is 12.4 Å². The lowest BCUT2D eigenvalue weighted by molar-refractivity contribution is 0.160. The van der Waals surface area contributed by atoms with Crippen LogP contribution in [0.25, 0.3) is 0 Å². The van der Waals surface area contributed by atoms with Crippen molar-refractivity contribution in [2.75, 3.05) is 26.7 Å². The van der Waals surface area contributed by atoms with Crippen molar-refractivity contribution in [2.45, 2.75) is 10.9 Å². The Kier molecular flexibility index (Phi) is 5.98. The molecule has 0 N–H and O–H groups in total. The molecule has 7 heteroatoms. The predicted octanol–water partition coefficient (Wildman–Crippen LogP) is 2.92. The van der Waals surface area contributed by atoms with Gasteiger partial charge >= 0.3 is 0 Å². The summed E-state index contributed by atoms with van der Waals surface area (Å²) in [5, 5.41) is 0. The van der Waals surface area contributed by atoms with E-state index in [2.05, 4.69) is 4.90 Å². The average molecular weight is 371 g/mol. The fourth-order valence-electron chi connectivity index (χ4n) is 2.92. The van der Waals surface area contributed by atoms with Crippen molar-refractivity contribution in [3.8, 4) is 0 Å². The van der Waals surface area contributed by atoms with E-state index in [0.717, 1.165) is 5.56 Å². The molecule has 1 unspecified atom stereocenters. The third-order valence-electron chi connectivity index (χ3n) is 4.14. The van der Waals surface area contributed by atoms with Crippen molar-refractivity contribution < 1.29 is 12.8 Å². The van der Waals surface area contributed by atoms with E-state index in [-0.39, 0.29) is 23.3 Å². The molecule has 130 valence electrons. The number of hydrogen-bond acceptors (Lipinski definition) is 3. The van der Waals surface area contributed by atoms with Crippen LogP contribution < -0.4 is 0 Å². The molecule has 3 rings (SSSR count). The normalized spacial score (nSPS) is 19.7. The first kappa shape index (κ1) is 18.9. The highest BCUT2D eigenvalue weighted by molar-refractivity contribution is 7.89. The zero-order chi connectivity index (χ0) is 16.4. The van der Waals surface area contributed by atoms with Crippen LogP contribution in [0, 0.1) is 5.82 Å². The first-order chi connectivity index (χ1) is 11.0. The quantitative estimate of drug-likeness (QED) is 0.834. The Labute approximate surface area is 148 Å². The summed E-state index contributed by atoms with van der Waals surface area (Å²) in [4.78, 5) is 1.83. The topological polar surface area (TPSA) is 40.6 Å². The van der Waals surface area contributed by atoms with Crippen LogP contribution >= 0.6 is 12.4 Å². The Bertz CT molecular complexity index is 786. The zero-order valence-electron chi connectivity index (χ0n) is 13.3. The highest BCUT2D eigenvalue weighted by atomic mass is 35.5. The molecule has 2 aromatic carbocycles. The van der Waals surface area contributed by atoms with Crippen molar-refractivity contribution in [1.82, 2.24) is 9.21 Å². The van der Waals surface area contributed by atoms with E-state index in [1.54, 1.807) is 6.07 Å². The number of rotatable bonds is 3. The molecule has 0 saturated carbocycles. The number of likely N-dealkylation sites (N-methyl/N-ethyl adjacent to an activating group) is 1. The van der Waals surface area contributed by atoms with Gasteiger partial charge in [0.15, 0.2) is 0 Å². The standard InChI is InChI=1S/C17H19FN2O2S.ClH/c1-19-11-12-20(16(13-19)14-7-3-2-4-8-14)23(21,22)17-10-6-5-9-15(17)18;/h2-10,16H,11-13H2,1H3;1H. The van der Waals surface area contributed by atoms with E-state index in [1.807, 2.05) is 37.4 Å². The molecule has 1 aliphatic heterocycles. The maximum atomic E-state index is 14.0. The van der Waals surface area contributed by atoms with Crippen molar-refractivity contribution in [1.29, 1.82) is 0 Å². The minimum absolute atomic E-state index is 0. The van der Waals surface area contributed by atoms with E-state index in [4.69, 9.17) is 0 Å². The van der Waals surface area contributed by atoms with E-state index >= 15 is 0 Å². The molecule has 1 atom stereocenters. The number of sulfonamides is 1. The Morgan fingerprint density at radius 2 is 1.62 bits per heavy atom. The molecule has 0 radical (unpaired) electrons. The lowest BCUT2D eigenvalue weighted by atomic mass is 10.1. The fourth-order valence-corrected chi connectivity index (χ4v) is 4.58. The van der Waals surface area contributed by atoms with Crippen LogP contribution in [0.4, 0.5) is 4.39 Å². The smallest absolute Gasteiger partial charge is 0.246 e. The second-order valence-corrected chi connectivity index (χ2v) is 7.59. The second kappa shape index (κ2) is 7.61. The van der Waals surface area contributed by atoms with Crippen molar-refractivity contribution in [3.63, 3.8) is 0 Å². The molecule has 0 aliphatic carbocycles. The Morgan fingerprint density at radius 1 is 1.00 bits per heavy atom. The first-order valence-corrected chi connectivity index (χ1v) is 8.94. The summed E-state index contributed by atoms with van der Waals surface area (Å²) in [5.74, 6) is -0.710. The number of piperazine rings is 1. The summed E-state index contributed by atoms with van der Waals surface area (Å²) in [6.07, 6.45) is 0. The van der Waals surface area contributed by atoms with Crippen molar-refractivity contribution in [3.05, 3.63) is 66.0 Å². The van der Waals surface area contributed by atoms with Gasteiger partial charge in [-0.1, -0.05) is 42.5 Å².